The average Bonchev–Trinajstić information content (AvgIpc) is 2.61. The second kappa shape index (κ2) is 4.68. The summed E-state index contributed by atoms with van der Waals surface area (Å²) in [6, 6.07) is 2.45. The smallest absolute Gasteiger partial charge is 0.142 e. The molecular formula is C11H18N4. The van der Waals surface area contributed by atoms with Crippen molar-refractivity contribution in [2.45, 2.75) is 25.9 Å². The first-order chi connectivity index (χ1) is 7.29. The molecule has 4 heteroatoms. The van der Waals surface area contributed by atoms with E-state index < -0.39 is 0 Å². The number of hydrogen-bond acceptors (Lipinski definition) is 4. The Morgan fingerprint density at radius 1 is 1.47 bits per heavy atom. The summed E-state index contributed by atoms with van der Waals surface area (Å²) in [5, 5.41) is 0. The zero-order valence-corrected chi connectivity index (χ0v) is 9.13. The molecule has 82 valence electrons. The number of nitrogens with zero attached hydrogens (tertiary/aromatic N) is 3. The molecule has 2 N–H and O–H groups in total. The van der Waals surface area contributed by atoms with Crippen LogP contribution in [0.4, 0.5) is 0 Å². The number of hydrogen-bond donors (Lipinski definition) is 1. The van der Waals surface area contributed by atoms with Gasteiger partial charge in [-0.15, -0.1) is 0 Å². The van der Waals surface area contributed by atoms with Crippen LogP contribution in [0.3, 0.4) is 0 Å². The summed E-state index contributed by atoms with van der Waals surface area (Å²) in [6.07, 6.45) is 4.79. The maximum atomic E-state index is 5.69. The minimum Gasteiger partial charge on any atom is -0.330 e. The van der Waals surface area contributed by atoms with E-state index in [9.17, 15) is 0 Å². The molecule has 0 aliphatic carbocycles. The van der Waals surface area contributed by atoms with Gasteiger partial charge in [-0.25, -0.2) is 9.97 Å². The standard InChI is InChI=1S/C11H18N4/c1-9-5-10(6-12)7-15(9)8-11-13-3-2-4-14-11/h2-4,9-10H,5-8,12H2,1H3. The molecule has 2 heterocycles. The van der Waals surface area contributed by atoms with Crippen LogP contribution in [0.15, 0.2) is 18.5 Å². The third kappa shape index (κ3) is 2.52. The number of rotatable bonds is 3. The van der Waals surface area contributed by atoms with Gasteiger partial charge < -0.3 is 5.73 Å². The van der Waals surface area contributed by atoms with Gasteiger partial charge in [-0.05, 0) is 31.9 Å². The van der Waals surface area contributed by atoms with Gasteiger partial charge in [-0.2, -0.15) is 0 Å². The lowest BCUT2D eigenvalue weighted by Crippen LogP contribution is -2.28. The van der Waals surface area contributed by atoms with Gasteiger partial charge in [0.1, 0.15) is 5.82 Å². The van der Waals surface area contributed by atoms with Crippen molar-refractivity contribution >= 4 is 0 Å². The van der Waals surface area contributed by atoms with Crippen molar-refractivity contribution in [3.05, 3.63) is 24.3 Å². The minimum atomic E-state index is 0.599. The first-order valence-electron chi connectivity index (χ1n) is 5.49. The van der Waals surface area contributed by atoms with Gasteiger partial charge in [0.15, 0.2) is 0 Å². The topological polar surface area (TPSA) is 55.0 Å². The lowest BCUT2D eigenvalue weighted by atomic mass is 10.1. The second-order valence-corrected chi connectivity index (χ2v) is 4.28. The summed E-state index contributed by atoms with van der Waals surface area (Å²) in [6.45, 7) is 4.96. The van der Waals surface area contributed by atoms with Crippen LogP contribution in [0, 0.1) is 5.92 Å². The van der Waals surface area contributed by atoms with E-state index in [1.807, 2.05) is 6.07 Å². The summed E-state index contributed by atoms with van der Waals surface area (Å²) < 4.78 is 0. The molecular weight excluding hydrogens is 188 g/mol. The van der Waals surface area contributed by atoms with E-state index in [1.54, 1.807) is 12.4 Å². The first kappa shape index (κ1) is 10.5. The van der Waals surface area contributed by atoms with Gasteiger partial charge in [0.25, 0.3) is 0 Å². The van der Waals surface area contributed by atoms with Crippen molar-refractivity contribution in [2.75, 3.05) is 13.1 Å². The fourth-order valence-corrected chi connectivity index (χ4v) is 2.20. The predicted molar refractivity (Wildman–Crippen MR) is 59.1 cm³/mol. The maximum Gasteiger partial charge on any atom is 0.142 e. The highest BCUT2D eigenvalue weighted by atomic mass is 15.2. The molecule has 1 aromatic heterocycles. The van der Waals surface area contributed by atoms with Crippen LogP contribution in [0.5, 0.6) is 0 Å². The lowest BCUT2D eigenvalue weighted by Gasteiger charge is -2.19. The summed E-state index contributed by atoms with van der Waals surface area (Å²) in [5.41, 5.74) is 5.69. The molecule has 4 nitrogen and oxygen atoms in total. The van der Waals surface area contributed by atoms with E-state index in [0.717, 1.165) is 25.5 Å². The zero-order valence-electron chi connectivity index (χ0n) is 9.13. The Morgan fingerprint density at radius 3 is 2.80 bits per heavy atom. The van der Waals surface area contributed by atoms with Crippen LogP contribution in [-0.4, -0.2) is 34.0 Å². The Morgan fingerprint density at radius 2 is 2.20 bits per heavy atom. The SMILES string of the molecule is CC1CC(CN)CN1Cc1ncccn1. The van der Waals surface area contributed by atoms with Crippen molar-refractivity contribution in [3.63, 3.8) is 0 Å². The highest BCUT2D eigenvalue weighted by molar-refractivity contribution is 4.92. The molecule has 0 bridgehead atoms. The van der Waals surface area contributed by atoms with E-state index in [-0.39, 0.29) is 0 Å². The number of aromatic nitrogens is 2. The Labute approximate surface area is 90.5 Å². The van der Waals surface area contributed by atoms with Gasteiger partial charge in [-0.3, -0.25) is 4.90 Å². The normalized spacial score (nSPS) is 27.1. The Balaban J connectivity index is 1.96. The van der Waals surface area contributed by atoms with Crippen LogP contribution in [0.25, 0.3) is 0 Å². The van der Waals surface area contributed by atoms with Gasteiger partial charge >= 0.3 is 0 Å². The van der Waals surface area contributed by atoms with E-state index in [1.165, 1.54) is 6.42 Å². The molecule has 1 saturated heterocycles. The molecule has 1 aliphatic rings. The maximum absolute atomic E-state index is 5.69. The van der Waals surface area contributed by atoms with Crippen molar-refractivity contribution in [1.29, 1.82) is 0 Å². The highest BCUT2D eigenvalue weighted by Gasteiger charge is 2.28. The van der Waals surface area contributed by atoms with Crippen LogP contribution in [-0.2, 0) is 6.54 Å². The van der Waals surface area contributed by atoms with Crippen LogP contribution >= 0.6 is 0 Å². The van der Waals surface area contributed by atoms with Gasteiger partial charge in [0, 0.05) is 25.0 Å². The summed E-state index contributed by atoms with van der Waals surface area (Å²) in [4.78, 5) is 10.9. The fourth-order valence-electron chi connectivity index (χ4n) is 2.20. The van der Waals surface area contributed by atoms with Crippen molar-refractivity contribution in [1.82, 2.24) is 14.9 Å². The Hall–Kier alpha value is -1.00. The zero-order chi connectivity index (χ0) is 10.7. The second-order valence-electron chi connectivity index (χ2n) is 4.28. The lowest BCUT2D eigenvalue weighted by molar-refractivity contribution is 0.249. The van der Waals surface area contributed by atoms with Crippen molar-refractivity contribution < 1.29 is 0 Å². The highest BCUT2D eigenvalue weighted by Crippen LogP contribution is 2.22. The van der Waals surface area contributed by atoms with Crippen LogP contribution in [0.2, 0.25) is 0 Å². The Kier molecular flexibility index (Phi) is 3.28. The molecule has 15 heavy (non-hydrogen) atoms. The molecule has 0 radical (unpaired) electrons. The monoisotopic (exact) mass is 206 g/mol. The average molecular weight is 206 g/mol. The number of likely N-dealkylation sites (tertiary alicyclic amines) is 1. The molecule has 2 unspecified atom stereocenters. The van der Waals surface area contributed by atoms with Gasteiger partial charge in [0.05, 0.1) is 6.54 Å². The van der Waals surface area contributed by atoms with E-state index in [4.69, 9.17) is 5.73 Å². The molecule has 2 rings (SSSR count). The molecule has 0 amide bonds. The van der Waals surface area contributed by atoms with E-state index in [2.05, 4.69) is 21.8 Å². The fraction of sp³-hybridized carbons (Fsp3) is 0.636. The molecule has 2 atom stereocenters. The quantitative estimate of drug-likeness (QED) is 0.788. The van der Waals surface area contributed by atoms with Crippen LogP contribution in [0.1, 0.15) is 19.2 Å². The largest absolute Gasteiger partial charge is 0.330 e. The summed E-state index contributed by atoms with van der Waals surface area (Å²) >= 11 is 0. The molecule has 1 fully saturated rings. The van der Waals surface area contributed by atoms with Crippen LogP contribution < -0.4 is 5.73 Å². The Bertz CT molecular complexity index is 301. The van der Waals surface area contributed by atoms with Crippen molar-refractivity contribution in [3.8, 4) is 0 Å². The van der Waals surface area contributed by atoms with E-state index in [0.29, 0.717) is 12.0 Å². The molecule has 0 saturated carbocycles. The molecule has 0 aromatic carbocycles. The van der Waals surface area contributed by atoms with Crippen molar-refractivity contribution in [2.24, 2.45) is 11.7 Å². The summed E-state index contributed by atoms with van der Waals surface area (Å²) in [7, 11) is 0. The summed E-state index contributed by atoms with van der Waals surface area (Å²) in [5.74, 6) is 1.55. The van der Waals surface area contributed by atoms with E-state index >= 15 is 0 Å². The third-order valence-corrected chi connectivity index (χ3v) is 3.09. The molecule has 1 aromatic rings. The molecule has 1 aliphatic heterocycles. The van der Waals surface area contributed by atoms with Gasteiger partial charge in [-0.1, -0.05) is 0 Å². The predicted octanol–water partition coefficient (Wildman–Crippen LogP) is 0.646. The minimum absolute atomic E-state index is 0.599. The van der Waals surface area contributed by atoms with Gasteiger partial charge in [0.2, 0.25) is 0 Å². The third-order valence-electron chi connectivity index (χ3n) is 3.09. The number of nitrogens with two attached hydrogens (primary N) is 1. The first-order valence-corrected chi connectivity index (χ1v) is 5.49. The molecule has 0 spiro atoms.